The van der Waals surface area contributed by atoms with Gasteiger partial charge in [0.15, 0.2) is 0 Å². The van der Waals surface area contributed by atoms with Gasteiger partial charge in [-0.3, -0.25) is 4.79 Å². The number of hydrogen-bond acceptors (Lipinski definition) is 1. The third-order valence-corrected chi connectivity index (χ3v) is 2.53. The van der Waals surface area contributed by atoms with Gasteiger partial charge in [0.1, 0.15) is 5.78 Å². The van der Waals surface area contributed by atoms with Crippen LogP contribution in [0.5, 0.6) is 0 Å². The zero-order valence-corrected chi connectivity index (χ0v) is 7.44. The van der Waals surface area contributed by atoms with Crippen LogP contribution in [0.25, 0.3) is 0 Å². The van der Waals surface area contributed by atoms with Gasteiger partial charge in [-0.2, -0.15) is 0 Å². The summed E-state index contributed by atoms with van der Waals surface area (Å²) in [6, 6.07) is 0. The van der Waals surface area contributed by atoms with E-state index in [4.69, 9.17) is 0 Å². The Bertz CT molecular complexity index is 129. The monoisotopic (exact) mass is 154 g/mol. The molecule has 1 unspecified atom stereocenters. The van der Waals surface area contributed by atoms with Gasteiger partial charge in [0, 0.05) is 12.8 Å². The van der Waals surface area contributed by atoms with E-state index in [2.05, 4.69) is 6.92 Å². The lowest BCUT2D eigenvalue weighted by Gasteiger charge is -2.10. The molecule has 1 aliphatic carbocycles. The average Bonchev–Trinajstić information content (AvgIpc) is 2.15. The lowest BCUT2D eigenvalue weighted by Crippen LogP contribution is -2.04. The number of hydrogen-bond donors (Lipinski definition) is 0. The van der Waals surface area contributed by atoms with Crippen molar-refractivity contribution in [3.05, 3.63) is 0 Å². The van der Waals surface area contributed by atoms with E-state index in [0.717, 1.165) is 25.2 Å². The number of Topliss-reactive ketones (excluding diaryl/α,β-unsaturated/α-hetero) is 1. The summed E-state index contributed by atoms with van der Waals surface area (Å²) in [6.07, 6.45) is 7.91. The van der Waals surface area contributed by atoms with Crippen molar-refractivity contribution in [2.45, 2.75) is 51.9 Å². The maximum atomic E-state index is 11.2. The van der Waals surface area contributed by atoms with Gasteiger partial charge in [0.05, 0.1) is 0 Å². The second-order valence-electron chi connectivity index (χ2n) is 3.64. The van der Waals surface area contributed by atoms with Crippen LogP contribution in [0, 0.1) is 5.92 Å². The smallest absolute Gasteiger partial charge is 0.133 e. The molecule has 0 aliphatic heterocycles. The first-order valence-corrected chi connectivity index (χ1v) is 4.84. The van der Waals surface area contributed by atoms with Crippen molar-refractivity contribution < 1.29 is 4.79 Å². The highest BCUT2D eigenvalue weighted by Crippen LogP contribution is 2.24. The number of carbonyl (C=O) groups is 1. The Morgan fingerprint density at radius 1 is 1.45 bits per heavy atom. The van der Waals surface area contributed by atoms with Crippen LogP contribution in [-0.2, 0) is 4.79 Å². The van der Waals surface area contributed by atoms with E-state index < -0.39 is 0 Å². The minimum absolute atomic E-state index is 0.501. The predicted octanol–water partition coefficient (Wildman–Crippen LogP) is 2.94. The standard InChI is InChI=1S/C10H18O/c1-2-5-9-6-3-4-7-10(11)8-9/h9H,2-8H2,1H3. The Balaban J connectivity index is 2.33. The van der Waals surface area contributed by atoms with Crippen LogP contribution in [0.2, 0.25) is 0 Å². The normalized spacial score (nSPS) is 26.6. The van der Waals surface area contributed by atoms with E-state index in [9.17, 15) is 4.79 Å². The van der Waals surface area contributed by atoms with E-state index in [1.807, 2.05) is 0 Å². The minimum Gasteiger partial charge on any atom is -0.300 e. The number of ketones is 1. The molecule has 64 valence electrons. The van der Waals surface area contributed by atoms with Crippen LogP contribution in [-0.4, -0.2) is 5.78 Å². The molecule has 1 aliphatic rings. The molecule has 0 aromatic heterocycles. The quantitative estimate of drug-likeness (QED) is 0.559. The summed E-state index contributed by atoms with van der Waals surface area (Å²) in [5, 5.41) is 0. The maximum Gasteiger partial charge on any atom is 0.133 e. The molecule has 11 heavy (non-hydrogen) atoms. The topological polar surface area (TPSA) is 17.1 Å². The fourth-order valence-electron chi connectivity index (χ4n) is 1.94. The van der Waals surface area contributed by atoms with Gasteiger partial charge in [-0.05, 0) is 12.3 Å². The third kappa shape index (κ3) is 3.04. The summed E-state index contributed by atoms with van der Waals surface area (Å²) in [5.74, 6) is 1.22. The van der Waals surface area contributed by atoms with E-state index >= 15 is 0 Å². The van der Waals surface area contributed by atoms with E-state index in [1.165, 1.54) is 25.7 Å². The van der Waals surface area contributed by atoms with Gasteiger partial charge in [0.2, 0.25) is 0 Å². The molecule has 0 aromatic rings. The first-order valence-electron chi connectivity index (χ1n) is 4.84. The fraction of sp³-hybridized carbons (Fsp3) is 0.900. The summed E-state index contributed by atoms with van der Waals surface area (Å²) >= 11 is 0. The Morgan fingerprint density at radius 3 is 3.00 bits per heavy atom. The summed E-state index contributed by atoms with van der Waals surface area (Å²) in [5.41, 5.74) is 0. The van der Waals surface area contributed by atoms with Crippen molar-refractivity contribution in [3.63, 3.8) is 0 Å². The van der Waals surface area contributed by atoms with Crippen LogP contribution in [0.4, 0.5) is 0 Å². The summed E-state index contributed by atoms with van der Waals surface area (Å²) in [7, 11) is 0. The molecule has 0 saturated heterocycles. The van der Waals surface area contributed by atoms with Crippen molar-refractivity contribution >= 4 is 5.78 Å². The zero-order chi connectivity index (χ0) is 8.10. The highest BCUT2D eigenvalue weighted by Gasteiger charge is 2.16. The second kappa shape index (κ2) is 4.53. The van der Waals surface area contributed by atoms with Crippen molar-refractivity contribution in [1.82, 2.24) is 0 Å². The van der Waals surface area contributed by atoms with Gasteiger partial charge in [-0.15, -0.1) is 0 Å². The van der Waals surface area contributed by atoms with Crippen molar-refractivity contribution in [2.24, 2.45) is 5.92 Å². The molecule has 1 atom stereocenters. The minimum atomic E-state index is 0.501. The summed E-state index contributed by atoms with van der Waals surface area (Å²) in [4.78, 5) is 11.2. The second-order valence-corrected chi connectivity index (χ2v) is 3.64. The Labute approximate surface area is 69.2 Å². The highest BCUT2D eigenvalue weighted by molar-refractivity contribution is 5.78. The first kappa shape index (κ1) is 8.76. The molecule has 0 amide bonds. The molecular weight excluding hydrogens is 136 g/mol. The van der Waals surface area contributed by atoms with Crippen LogP contribution >= 0.6 is 0 Å². The van der Waals surface area contributed by atoms with Crippen LogP contribution in [0.1, 0.15) is 51.9 Å². The molecule has 1 saturated carbocycles. The highest BCUT2D eigenvalue weighted by atomic mass is 16.1. The van der Waals surface area contributed by atoms with Crippen molar-refractivity contribution in [3.8, 4) is 0 Å². The molecule has 1 nitrogen and oxygen atoms in total. The Kier molecular flexibility index (Phi) is 3.61. The van der Waals surface area contributed by atoms with E-state index in [-0.39, 0.29) is 0 Å². The molecule has 1 rings (SSSR count). The predicted molar refractivity (Wildman–Crippen MR) is 46.5 cm³/mol. The van der Waals surface area contributed by atoms with Crippen molar-refractivity contribution in [2.75, 3.05) is 0 Å². The Morgan fingerprint density at radius 2 is 2.27 bits per heavy atom. The van der Waals surface area contributed by atoms with E-state index in [1.54, 1.807) is 0 Å². The average molecular weight is 154 g/mol. The van der Waals surface area contributed by atoms with Gasteiger partial charge in [-0.1, -0.05) is 32.6 Å². The zero-order valence-electron chi connectivity index (χ0n) is 7.44. The maximum absolute atomic E-state index is 11.2. The summed E-state index contributed by atoms with van der Waals surface area (Å²) in [6.45, 7) is 2.20. The van der Waals surface area contributed by atoms with Crippen molar-refractivity contribution in [1.29, 1.82) is 0 Å². The van der Waals surface area contributed by atoms with Gasteiger partial charge >= 0.3 is 0 Å². The SMILES string of the molecule is CCCC1CCCCC(=O)C1. The first-order chi connectivity index (χ1) is 5.33. The van der Waals surface area contributed by atoms with E-state index in [0.29, 0.717) is 5.78 Å². The summed E-state index contributed by atoms with van der Waals surface area (Å²) < 4.78 is 0. The van der Waals surface area contributed by atoms with Gasteiger partial charge < -0.3 is 0 Å². The van der Waals surface area contributed by atoms with Crippen LogP contribution < -0.4 is 0 Å². The Hall–Kier alpha value is -0.330. The van der Waals surface area contributed by atoms with Crippen LogP contribution in [0.15, 0.2) is 0 Å². The largest absolute Gasteiger partial charge is 0.300 e. The molecule has 0 spiro atoms. The lowest BCUT2D eigenvalue weighted by molar-refractivity contribution is -0.119. The van der Waals surface area contributed by atoms with Gasteiger partial charge in [0.25, 0.3) is 0 Å². The molecule has 0 heterocycles. The molecule has 0 aromatic carbocycles. The molecular formula is C10H18O. The molecule has 0 N–H and O–H groups in total. The fourth-order valence-corrected chi connectivity index (χ4v) is 1.94. The number of rotatable bonds is 2. The van der Waals surface area contributed by atoms with Gasteiger partial charge in [-0.25, -0.2) is 0 Å². The third-order valence-electron chi connectivity index (χ3n) is 2.53. The van der Waals surface area contributed by atoms with Crippen LogP contribution in [0.3, 0.4) is 0 Å². The molecule has 0 bridgehead atoms. The molecule has 1 fully saturated rings. The molecule has 1 heteroatoms. The number of carbonyl (C=O) groups excluding carboxylic acids is 1. The lowest BCUT2D eigenvalue weighted by atomic mass is 9.95. The molecule has 0 radical (unpaired) electrons.